The molecule has 1 N–H and O–H groups in total. The molecule has 1 heterocycles. The summed E-state index contributed by atoms with van der Waals surface area (Å²) >= 11 is 11.9. The van der Waals surface area contributed by atoms with Gasteiger partial charge in [-0.3, -0.25) is 4.79 Å². The second-order valence-electron chi connectivity index (χ2n) is 6.52. The number of hydrogen-bond acceptors (Lipinski definition) is 3. The van der Waals surface area contributed by atoms with Gasteiger partial charge in [-0.15, -0.1) is 0 Å². The predicted octanol–water partition coefficient (Wildman–Crippen LogP) is 4.95. The predicted molar refractivity (Wildman–Crippen MR) is 108 cm³/mol. The van der Waals surface area contributed by atoms with Gasteiger partial charge in [0, 0.05) is 18.7 Å². The van der Waals surface area contributed by atoms with Crippen molar-refractivity contribution < 1.29 is 17.6 Å². The van der Waals surface area contributed by atoms with E-state index < -0.39 is 21.7 Å². The number of rotatable bonds is 4. The standard InChI is InChI=1S/C19H19Cl2FN2O3S/c20-14-9-8-13(19(25)23-16-7-5-6-15(21)18(16)22)12-17(14)28(26,27)24-10-3-1-2-4-11-24/h5-9,12H,1-4,10-11H2,(H,23,25). The maximum absolute atomic E-state index is 14.0. The fourth-order valence-electron chi connectivity index (χ4n) is 3.06. The van der Waals surface area contributed by atoms with E-state index in [0.29, 0.717) is 13.1 Å². The Kier molecular flexibility index (Phi) is 6.60. The minimum atomic E-state index is -3.83. The largest absolute Gasteiger partial charge is 0.319 e. The Morgan fingerprint density at radius 1 is 1.00 bits per heavy atom. The van der Waals surface area contributed by atoms with Crippen LogP contribution in [0.1, 0.15) is 36.0 Å². The Morgan fingerprint density at radius 2 is 1.68 bits per heavy atom. The fraction of sp³-hybridized carbons (Fsp3) is 0.316. The zero-order valence-corrected chi connectivity index (χ0v) is 17.2. The molecule has 5 nitrogen and oxygen atoms in total. The van der Waals surface area contributed by atoms with Crippen LogP contribution in [0.4, 0.5) is 10.1 Å². The zero-order chi connectivity index (χ0) is 20.3. The van der Waals surface area contributed by atoms with E-state index in [-0.39, 0.29) is 26.2 Å². The number of benzene rings is 2. The molecule has 1 amide bonds. The average Bonchev–Trinajstić information content (AvgIpc) is 2.95. The van der Waals surface area contributed by atoms with Crippen LogP contribution in [-0.2, 0) is 10.0 Å². The molecule has 0 bridgehead atoms. The van der Waals surface area contributed by atoms with E-state index in [4.69, 9.17) is 23.2 Å². The molecule has 9 heteroatoms. The van der Waals surface area contributed by atoms with Crippen LogP contribution < -0.4 is 5.32 Å². The highest BCUT2D eigenvalue weighted by Crippen LogP contribution is 2.28. The van der Waals surface area contributed by atoms with Crippen LogP contribution in [0, 0.1) is 5.82 Å². The highest BCUT2D eigenvalue weighted by molar-refractivity contribution is 7.89. The van der Waals surface area contributed by atoms with Crippen molar-refractivity contribution in [1.29, 1.82) is 0 Å². The van der Waals surface area contributed by atoms with Crippen molar-refractivity contribution in [3.8, 4) is 0 Å². The lowest BCUT2D eigenvalue weighted by molar-refractivity contribution is 0.102. The number of carbonyl (C=O) groups is 1. The maximum atomic E-state index is 14.0. The minimum absolute atomic E-state index is 0.0368. The van der Waals surface area contributed by atoms with E-state index in [0.717, 1.165) is 25.7 Å². The van der Waals surface area contributed by atoms with Crippen molar-refractivity contribution in [2.24, 2.45) is 0 Å². The van der Waals surface area contributed by atoms with E-state index >= 15 is 0 Å². The van der Waals surface area contributed by atoms with Gasteiger partial charge >= 0.3 is 0 Å². The molecule has 2 aromatic rings. The molecule has 1 aliphatic heterocycles. The number of anilines is 1. The monoisotopic (exact) mass is 444 g/mol. The van der Waals surface area contributed by atoms with Crippen molar-refractivity contribution in [3.05, 3.63) is 57.8 Å². The molecule has 1 aliphatic rings. The summed E-state index contributed by atoms with van der Waals surface area (Å²) in [5, 5.41) is 2.32. The first-order valence-corrected chi connectivity index (χ1v) is 11.1. The van der Waals surface area contributed by atoms with Gasteiger partial charge in [0.1, 0.15) is 4.90 Å². The lowest BCUT2D eigenvalue weighted by atomic mass is 10.2. The number of sulfonamides is 1. The topological polar surface area (TPSA) is 66.5 Å². The molecule has 0 unspecified atom stereocenters. The molecule has 0 aromatic heterocycles. The Bertz CT molecular complexity index is 991. The van der Waals surface area contributed by atoms with E-state index in [1.807, 2.05) is 0 Å². The molecule has 0 spiro atoms. The van der Waals surface area contributed by atoms with Crippen molar-refractivity contribution in [2.45, 2.75) is 30.6 Å². The molecule has 1 fully saturated rings. The summed E-state index contributed by atoms with van der Waals surface area (Å²) in [5.74, 6) is -1.42. The third-order valence-corrected chi connectivity index (χ3v) is 7.25. The smallest absolute Gasteiger partial charge is 0.255 e. The summed E-state index contributed by atoms with van der Waals surface area (Å²) in [6.07, 6.45) is 3.52. The fourth-order valence-corrected chi connectivity index (χ4v) is 5.25. The quantitative estimate of drug-likeness (QED) is 0.725. The van der Waals surface area contributed by atoms with Crippen molar-refractivity contribution in [3.63, 3.8) is 0 Å². The highest BCUT2D eigenvalue weighted by atomic mass is 35.5. The zero-order valence-electron chi connectivity index (χ0n) is 14.9. The van der Waals surface area contributed by atoms with Gasteiger partial charge in [-0.1, -0.05) is 42.1 Å². The Hall–Kier alpha value is -1.67. The lowest BCUT2D eigenvalue weighted by Crippen LogP contribution is -2.32. The summed E-state index contributed by atoms with van der Waals surface area (Å²) in [6.45, 7) is 0.839. The van der Waals surface area contributed by atoms with E-state index in [1.165, 1.54) is 40.7 Å². The third-order valence-electron chi connectivity index (χ3n) is 4.58. The van der Waals surface area contributed by atoms with Gasteiger partial charge in [-0.05, 0) is 43.2 Å². The van der Waals surface area contributed by atoms with Gasteiger partial charge in [0.25, 0.3) is 5.91 Å². The van der Waals surface area contributed by atoms with Crippen LogP contribution >= 0.6 is 23.2 Å². The van der Waals surface area contributed by atoms with Crippen molar-refractivity contribution in [2.75, 3.05) is 18.4 Å². The normalized spacial score (nSPS) is 15.8. The van der Waals surface area contributed by atoms with E-state index in [1.54, 1.807) is 0 Å². The molecule has 0 saturated carbocycles. The van der Waals surface area contributed by atoms with Crippen molar-refractivity contribution in [1.82, 2.24) is 4.31 Å². The van der Waals surface area contributed by atoms with Gasteiger partial charge in [-0.2, -0.15) is 4.31 Å². The van der Waals surface area contributed by atoms with Crippen LogP contribution in [0.3, 0.4) is 0 Å². The van der Waals surface area contributed by atoms with Gasteiger partial charge < -0.3 is 5.32 Å². The van der Waals surface area contributed by atoms with Gasteiger partial charge in [0.05, 0.1) is 15.7 Å². The van der Waals surface area contributed by atoms with E-state index in [9.17, 15) is 17.6 Å². The van der Waals surface area contributed by atoms with Crippen LogP contribution in [-0.4, -0.2) is 31.7 Å². The average molecular weight is 445 g/mol. The number of nitrogens with one attached hydrogen (secondary N) is 1. The second kappa shape index (κ2) is 8.78. The molecule has 28 heavy (non-hydrogen) atoms. The Balaban J connectivity index is 1.90. The molecule has 3 rings (SSSR count). The molecule has 0 aliphatic carbocycles. The third kappa shape index (κ3) is 4.49. The number of hydrogen-bond donors (Lipinski definition) is 1. The second-order valence-corrected chi connectivity index (χ2v) is 9.24. The van der Waals surface area contributed by atoms with Crippen LogP contribution in [0.5, 0.6) is 0 Å². The van der Waals surface area contributed by atoms with Gasteiger partial charge in [0.15, 0.2) is 5.82 Å². The molecule has 1 saturated heterocycles. The van der Waals surface area contributed by atoms with Crippen LogP contribution in [0.25, 0.3) is 0 Å². The highest BCUT2D eigenvalue weighted by Gasteiger charge is 2.28. The number of nitrogens with zero attached hydrogens (tertiary/aromatic N) is 1. The van der Waals surface area contributed by atoms with E-state index in [2.05, 4.69) is 5.32 Å². The van der Waals surface area contributed by atoms with Crippen LogP contribution in [0.15, 0.2) is 41.3 Å². The van der Waals surface area contributed by atoms with Crippen LogP contribution in [0.2, 0.25) is 10.0 Å². The number of carbonyl (C=O) groups excluding carboxylic acids is 1. The first kappa shape index (κ1) is 21.0. The lowest BCUT2D eigenvalue weighted by Gasteiger charge is -2.21. The van der Waals surface area contributed by atoms with Gasteiger partial charge in [-0.25, -0.2) is 12.8 Å². The molecule has 2 aromatic carbocycles. The summed E-state index contributed by atoms with van der Waals surface area (Å²) in [7, 11) is -3.83. The SMILES string of the molecule is O=C(Nc1cccc(Cl)c1F)c1ccc(Cl)c(S(=O)(=O)N2CCCCCC2)c1. The molecular formula is C19H19Cl2FN2O3S. The first-order valence-electron chi connectivity index (χ1n) is 8.86. The summed E-state index contributed by atoms with van der Waals surface area (Å²) in [5.41, 5.74) is -0.0402. The molecule has 0 atom stereocenters. The summed E-state index contributed by atoms with van der Waals surface area (Å²) < 4.78 is 41.5. The maximum Gasteiger partial charge on any atom is 0.255 e. The molecular weight excluding hydrogens is 426 g/mol. The molecule has 150 valence electrons. The summed E-state index contributed by atoms with van der Waals surface area (Å²) in [4.78, 5) is 12.4. The number of halogens is 3. The molecule has 0 radical (unpaired) electrons. The minimum Gasteiger partial charge on any atom is -0.319 e. The van der Waals surface area contributed by atoms with Gasteiger partial charge in [0.2, 0.25) is 10.0 Å². The number of amides is 1. The Morgan fingerprint density at radius 3 is 2.36 bits per heavy atom. The summed E-state index contributed by atoms with van der Waals surface area (Å²) in [6, 6.07) is 8.19. The first-order chi connectivity index (χ1) is 13.3. The Labute approximate surface area is 173 Å². The van der Waals surface area contributed by atoms with Crippen molar-refractivity contribution >= 4 is 44.8 Å².